The molecule has 0 heterocycles. The highest BCUT2D eigenvalue weighted by Gasteiger charge is 2.30. The highest BCUT2D eigenvalue weighted by atomic mass is 32.2. The van der Waals surface area contributed by atoms with Crippen LogP contribution in [0.5, 0.6) is 0 Å². The first-order valence-electron chi connectivity index (χ1n) is 6.51. The molecular formula is C15H19NO2S. The van der Waals surface area contributed by atoms with E-state index in [0.717, 1.165) is 30.7 Å². The number of carbonyl (C=O) groups is 1. The van der Waals surface area contributed by atoms with Gasteiger partial charge < -0.3 is 4.74 Å². The Morgan fingerprint density at radius 3 is 3.00 bits per heavy atom. The van der Waals surface area contributed by atoms with Crippen molar-refractivity contribution in [2.75, 3.05) is 12.9 Å². The molecule has 0 bridgehead atoms. The lowest BCUT2D eigenvalue weighted by atomic mass is 10.1. The topological polar surface area (TPSA) is 38.7 Å². The summed E-state index contributed by atoms with van der Waals surface area (Å²) in [7, 11) is 1.47. The molecule has 4 heteroatoms. The Kier molecular flexibility index (Phi) is 5.02. The van der Waals surface area contributed by atoms with Gasteiger partial charge in [0, 0.05) is 10.6 Å². The number of thioether (sulfide) groups is 1. The van der Waals surface area contributed by atoms with E-state index in [1.54, 1.807) is 11.8 Å². The van der Waals surface area contributed by atoms with Gasteiger partial charge in [0.2, 0.25) is 0 Å². The van der Waals surface area contributed by atoms with Crippen molar-refractivity contribution in [1.29, 1.82) is 0 Å². The van der Waals surface area contributed by atoms with Gasteiger partial charge in [0.1, 0.15) is 0 Å². The molecule has 2 atom stereocenters. The fourth-order valence-electron chi connectivity index (χ4n) is 2.52. The summed E-state index contributed by atoms with van der Waals surface area (Å²) in [4.78, 5) is 16.7. The maximum absolute atomic E-state index is 11.5. The standard InChI is InChI=1S/C15H19NO2S/c1-16-13-5-3-4-6-14(13)19-10-11-7-8-12(9-11)15(17)18-2/h3-6,11-12H,1,7-10H2,2H3. The van der Waals surface area contributed by atoms with E-state index in [4.69, 9.17) is 4.74 Å². The van der Waals surface area contributed by atoms with Crippen molar-refractivity contribution in [2.24, 2.45) is 16.8 Å². The van der Waals surface area contributed by atoms with Crippen molar-refractivity contribution in [1.82, 2.24) is 0 Å². The number of benzene rings is 1. The summed E-state index contributed by atoms with van der Waals surface area (Å²) in [5, 5.41) is 0. The smallest absolute Gasteiger partial charge is 0.308 e. The third-order valence-corrected chi connectivity index (χ3v) is 4.88. The number of para-hydroxylation sites is 1. The van der Waals surface area contributed by atoms with Gasteiger partial charge >= 0.3 is 5.97 Å². The predicted octanol–water partition coefficient (Wildman–Crippen LogP) is 3.70. The average Bonchev–Trinajstić information content (AvgIpc) is 2.93. The maximum atomic E-state index is 11.5. The van der Waals surface area contributed by atoms with Gasteiger partial charge in [-0.1, -0.05) is 12.1 Å². The van der Waals surface area contributed by atoms with Crippen molar-refractivity contribution in [2.45, 2.75) is 24.2 Å². The van der Waals surface area contributed by atoms with E-state index in [2.05, 4.69) is 17.8 Å². The molecule has 0 saturated heterocycles. The van der Waals surface area contributed by atoms with Gasteiger partial charge in [-0.15, -0.1) is 11.8 Å². The molecule has 2 unspecified atom stereocenters. The van der Waals surface area contributed by atoms with Crippen LogP contribution in [0.4, 0.5) is 5.69 Å². The van der Waals surface area contributed by atoms with Crippen LogP contribution in [0.3, 0.4) is 0 Å². The molecule has 2 rings (SSSR count). The quantitative estimate of drug-likeness (QED) is 0.468. The van der Waals surface area contributed by atoms with E-state index >= 15 is 0 Å². The largest absolute Gasteiger partial charge is 0.469 e. The minimum absolute atomic E-state index is 0.0549. The number of esters is 1. The molecule has 0 aromatic heterocycles. The Labute approximate surface area is 118 Å². The molecule has 3 nitrogen and oxygen atoms in total. The lowest BCUT2D eigenvalue weighted by Crippen LogP contribution is -2.13. The molecule has 1 aliphatic carbocycles. The van der Waals surface area contributed by atoms with Crippen LogP contribution >= 0.6 is 11.8 Å². The van der Waals surface area contributed by atoms with E-state index in [0.29, 0.717) is 5.92 Å². The molecule has 1 aromatic rings. The number of hydrogen-bond donors (Lipinski definition) is 0. The summed E-state index contributed by atoms with van der Waals surface area (Å²) < 4.78 is 4.81. The van der Waals surface area contributed by atoms with Crippen LogP contribution in [-0.4, -0.2) is 25.5 Å². The fourth-order valence-corrected chi connectivity index (χ4v) is 3.70. The van der Waals surface area contributed by atoms with E-state index in [9.17, 15) is 4.79 Å². The zero-order valence-electron chi connectivity index (χ0n) is 11.2. The van der Waals surface area contributed by atoms with Gasteiger partial charge in [0.05, 0.1) is 18.7 Å². The van der Waals surface area contributed by atoms with E-state index < -0.39 is 0 Å². The Balaban J connectivity index is 1.87. The second-order valence-electron chi connectivity index (χ2n) is 4.84. The molecule has 19 heavy (non-hydrogen) atoms. The molecule has 0 aliphatic heterocycles. The van der Waals surface area contributed by atoms with Gasteiger partial charge in [-0.25, -0.2) is 0 Å². The number of methoxy groups -OCH3 is 1. The average molecular weight is 277 g/mol. The fraction of sp³-hybridized carbons (Fsp3) is 0.467. The van der Waals surface area contributed by atoms with Crippen molar-refractivity contribution >= 4 is 30.1 Å². The zero-order valence-corrected chi connectivity index (χ0v) is 12.0. The number of hydrogen-bond acceptors (Lipinski definition) is 4. The Hall–Kier alpha value is -1.29. The molecule has 1 aromatic carbocycles. The van der Waals surface area contributed by atoms with Crippen LogP contribution in [0.1, 0.15) is 19.3 Å². The number of rotatable bonds is 5. The maximum Gasteiger partial charge on any atom is 0.308 e. The number of aliphatic imine (C=N–C) groups is 1. The van der Waals surface area contributed by atoms with Gasteiger partial charge in [0.15, 0.2) is 0 Å². The van der Waals surface area contributed by atoms with Gasteiger partial charge in [-0.2, -0.15) is 0 Å². The van der Waals surface area contributed by atoms with Crippen molar-refractivity contribution in [3.8, 4) is 0 Å². The third-order valence-electron chi connectivity index (χ3n) is 3.59. The van der Waals surface area contributed by atoms with Crippen LogP contribution < -0.4 is 0 Å². The van der Waals surface area contributed by atoms with E-state index in [1.165, 1.54) is 12.0 Å². The molecule has 0 N–H and O–H groups in total. The zero-order chi connectivity index (χ0) is 13.7. The van der Waals surface area contributed by atoms with Crippen molar-refractivity contribution in [3.05, 3.63) is 24.3 Å². The first kappa shape index (κ1) is 14.1. The third kappa shape index (κ3) is 3.60. The summed E-state index contributed by atoms with van der Waals surface area (Å²) >= 11 is 1.80. The predicted molar refractivity (Wildman–Crippen MR) is 79.2 cm³/mol. The summed E-state index contributed by atoms with van der Waals surface area (Å²) in [6.45, 7) is 3.59. The van der Waals surface area contributed by atoms with E-state index in [1.807, 2.05) is 18.2 Å². The van der Waals surface area contributed by atoms with Crippen LogP contribution in [0.25, 0.3) is 0 Å². The SMILES string of the molecule is C=Nc1ccccc1SCC1CCC(C(=O)OC)C1. The molecule has 1 saturated carbocycles. The molecule has 0 spiro atoms. The molecule has 102 valence electrons. The molecule has 0 radical (unpaired) electrons. The van der Waals surface area contributed by atoms with Crippen molar-refractivity contribution < 1.29 is 9.53 Å². The number of carbonyl (C=O) groups excluding carboxylic acids is 1. The Bertz CT molecular complexity index is 461. The normalized spacial score (nSPS) is 22.2. The highest BCUT2D eigenvalue weighted by molar-refractivity contribution is 7.99. The summed E-state index contributed by atoms with van der Waals surface area (Å²) in [6, 6.07) is 8.03. The number of nitrogens with zero attached hydrogens (tertiary/aromatic N) is 1. The first-order valence-corrected chi connectivity index (χ1v) is 7.49. The minimum Gasteiger partial charge on any atom is -0.469 e. The van der Waals surface area contributed by atoms with Crippen LogP contribution in [0.15, 0.2) is 34.2 Å². The number of ether oxygens (including phenoxy) is 1. The van der Waals surface area contributed by atoms with Crippen LogP contribution in [0, 0.1) is 11.8 Å². The summed E-state index contributed by atoms with van der Waals surface area (Å²) in [5.74, 6) is 1.66. The Morgan fingerprint density at radius 1 is 1.47 bits per heavy atom. The monoisotopic (exact) mass is 277 g/mol. The van der Waals surface area contributed by atoms with Crippen LogP contribution in [-0.2, 0) is 9.53 Å². The second kappa shape index (κ2) is 6.75. The van der Waals surface area contributed by atoms with Crippen LogP contribution in [0.2, 0.25) is 0 Å². The molecule has 1 aliphatic rings. The minimum atomic E-state index is -0.0549. The second-order valence-corrected chi connectivity index (χ2v) is 5.90. The first-order chi connectivity index (χ1) is 9.24. The van der Waals surface area contributed by atoms with Gasteiger partial charge in [-0.05, 0) is 44.0 Å². The lowest BCUT2D eigenvalue weighted by Gasteiger charge is -2.11. The Morgan fingerprint density at radius 2 is 2.26 bits per heavy atom. The van der Waals surface area contributed by atoms with E-state index in [-0.39, 0.29) is 11.9 Å². The lowest BCUT2D eigenvalue weighted by molar-refractivity contribution is -0.145. The highest BCUT2D eigenvalue weighted by Crippen LogP contribution is 2.37. The van der Waals surface area contributed by atoms with Gasteiger partial charge in [-0.3, -0.25) is 9.79 Å². The molecular weight excluding hydrogens is 258 g/mol. The summed E-state index contributed by atoms with van der Waals surface area (Å²) in [6.07, 6.45) is 3.01. The van der Waals surface area contributed by atoms with Crippen molar-refractivity contribution in [3.63, 3.8) is 0 Å². The summed E-state index contributed by atoms with van der Waals surface area (Å²) in [5.41, 5.74) is 0.940. The molecule has 1 fully saturated rings. The molecule has 0 amide bonds. The van der Waals surface area contributed by atoms with Gasteiger partial charge in [0.25, 0.3) is 0 Å².